The fourth-order valence-electron chi connectivity index (χ4n) is 2.29. The average Bonchev–Trinajstić information content (AvgIpc) is 2.87. The minimum atomic E-state index is -1.06. The Kier molecular flexibility index (Phi) is 4.26. The lowest BCUT2D eigenvalue weighted by Crippen LogP contribution is -2.48. The molecule has 21 heavy (non-hydrogen) atoms. The van der Waals surface area contributed by atoms with Crippen molar-refractivity contribution in [2.75, 3.05) is 18.7 Å². The highest BCUT2D eigenvalue weighted by molar-refractivity contribution is 6.38. The molecule has 0 amide bonds. The van der Waals surface area contributed by atoms with E-state index in [0.29, 0.717) is 5.69 Å². The van der Waals surface area contributed by atoms with Crippen LogP contribution < -0.4 is 5.01 Å². The van der Waals surface area contributed by atoms with Gasteiger partial charge in [-0.2, -0.15) is 5.10 Å². The van der Waals surface area contributed by atoms with Gasteiger partial charge in [-0.05, 0) is 26.0 Å². The molecule has 2 rings (SSSR count). The number of nitrogens with zero attached hydrogens (tertiary/aromatic N) is 2. The maximum absolute atomic E-state index is 12.2. The fourth-order valence-corrected chi connectivity index (χ4v) is 2.29. The van der Waals surface area contributed by atoms with Crippen LogP contribution in [-0.2, 0) is 19.1 Å². The highest BCUT2D eigenvalue weighted by Gasteiger charge is 2.48. The number of ether oxygens (including phenoxy) is 2. The third-order valence-electron chi connectivity index (χ3n) is 3.34. The summed E-state index contributed by atoms with van der Waals surface area (Å²) in [6.07, 6.45) is 0.146. The molecule has 6 heteroatoms. The van der Waals surface area contributed by atoms with Crippen molar-refractivity contribution in [3.05, 3.63) is 30.3 Å². The van der Waals surface area contributed by atoms with Crippen molar-refractivity contribution in [3.63, 3.8) is 0 Å². The molecular formula is C15H18N2O4. The Balaban J connectivity index is 2.39. The second kappa shape index (κ2) is 5.95. The van der Waals surface area contributed by atoms with Crippen LogP contribution in [0.2, 0.25) is 0 Å². The van der Waals surface area contributed by atoms with Gasteiger partial charge in [0.05, 0.1) is 19.4 Å². The summed E-state index contributed by atoms with van der Waals surface area (Å²) in [4.78, 5) is 24.0. The van der Waals surface area contributed by atoms with Gasteiger partial charge in [0.25, 0.3) is 0 Å². The molecule has 0 N–H and O–H groups in total. The fraction of sp³-hybridized carbons (Fsp3) is 0.400. The normalized spacial score (nSPS) is 20.9. The van der Waals surface area contributed by atoms with Gasteiger partial charge in [-0.15, -0.1) is 0 Å². The molecule has 0 radical (unpaired) electrons. The number of rotatable bonds is 4. The van der Waals surface area contributed by atoms with Crippen LogP contribution in [0.3, 0.4) is 0 Å². The first kappa shape index (κ1) is 15.0. The number of carbonyl (C=O) groups excluding carboxylic acids is 2. The molecule has 1 unspecified atom stereocenters. The first-order valence-electron chi connectivity index (χ1n) is 6.71. The standard InChI is InChI=1S/C15H18N2O4/c1-4-21-13(18)12-10-15(2,14(19)20-3)17(16-12)11-8-6-5-7-9-11/h5-9H,4,10H2,1-3H3. The maximum atomic E-state index is 12.2. The van der Waals surface area contributed by atoms with Gasteiger partial charge in [0.1, 0.15) is 5.71 Å². The van der Waals surface area contributed by atoms with E-state index in [1.54, 1.807) is 13.8 Å². The van der Waals surface area contributed by atoms with E-state index >= 15 is 0 Å². The van der Waals surface area contributed by atoms with Crippen molar-refractivity contribution in [3.8, 4) is 0 Å². The van der Waals surface area contributed by atoms with Crippen LogP contribution in [0, 0.1) is 0 Å². The smallest absolute Gasteiger partial charge is 0.354 e. The summed E-state index contributed by atoms with van der Waals surface area (Å²) in [5, 5.41) is 5.79. The third kappa shape index (κ3) is 2.74. The summed E-state index contributed by atoms with van der Waals surface area (Å²) in [5.41, 5.74) is -0.128. The minimum absolute atomic E-state index is 0.146. The van der Waals surface area contributed by atoms with Crippen molar-refractivity contribution in [2.24, 2.45) is 5.10 Å². The van der Waals surface area contributed by atoms with E-state index in [2.05, 4.69) is 5.10 Å². The van der Waals surface area contributed by atoms with Gasteiger partial charge in [-0.3, -0.25) is 0 Å². The maximum Gasteiger partial charge on any atom is 0.354 e. The topological polar surface area (TPSA) is 68.2 Å². The summed E-state index contributed by atoms with van der Waals surface area (Å²) >= 11 is 0. The lowest BCUT2D eigenvalue weighted by molar-refractivity contribution is -0.146. The second-order valence-electron chi connectivity index (χ2n) is 4.86. The molecule has 1 aliphatic rings. The number of hydrogen-bond acceptors (Lipinski definition) is 6. The Morgan fingerprint density at radius 3 is 2.57 bits per heavy atom. The molecule has 0 aliphatic carbocycles. The molecule has 112 valence electrons. The molecule has 1 aliphatic heterocycles. The molecular weight excluding hydrogens is 272 g/mol. The monoisotopic (exact) mass is 290 g/mol. The van der Waals surface area contributed by atoms with Crippen molar-refractivity contribution >= 4 is 23.3 Å². The number of anilines is 1. The minimum Gasteiger partial charge on any atom is -0.467 e. The van der Waals surface area contributed by atoms with Gasteiger partial charge in [0, 0.05) is 6.42 Å². The van der Waals surface area contributed by atoms with E-state index in [-0.39, 0.29) is 18.7 Å². The number of hydrogen-bond donors (Lipinski definition) is 0. The number of methoxy groups -OCH3 is 1. The number of esters is 2. The SMILES string of the molecule is CCOC(=O)C1=NN(c2ccccc2)C(C)(C(=O)OC)C1. The Morgan fingerprint density at radius 2 is 2.00 bits per heavy atom. The van der Waals surface area contributed by atoms with Crippen LogP contribution in [0.15, 0.2) is 35.4 Å². The van der Waals surface area contributed by atoms with Crippen LogP contribution in [0.4, 0.5) is 5.69 Å². The number of para-hydroxylation sites is 1. The molecule has 1 atom stereocenters. The Morgan fingerprint density at radius 1 is 1.33 bits per heavy atom. The Bertz CT molecular complexity index is 570. The molecule has 1 aromatic rings. The summed E-state index contributed by atoms with van der Waals surface area (Å²) in [7, 11) is 1.32. The van der Waals surface area contributed by atoms with Crippen molar-refractivity contribution in [2.45, 2.75) is 25.8 Å². The lowest BCUT2D eigenvalue weighted by atomic mass is 9.95. The highest BCUT2D eigenvalue weighted by Crippen LogP contribution is 2.34. The quantitative estimate of drug-likeness (QED) is 0.790. The Labute approximate surface area is 123 Å². The molecule has 0 saturated heterocycles. The van der Waals surface area contributed by atoms with E-state index in [0.717, 1.165) is 0 Å². The molecule has 0 bridgehead atoms. The van der Waals surface area contributed by atoms with Crippen LogP contribution in [0.5, 0.6) is 0 Å². The first-order chi connectivity index (χ1) is 10.0. The van der Waals surface area contributed by atoms with Gasteiger partial charge in [0.15, 0.2) is 5.54 Å². The Hall–Kier alpha value is -2.37. The predicted molar refractivity (Wildman–Crippen MR) is 78.0 cm³/mol. The van der Waals surface area contributed by atoms with E-state index in [1.807, 2.05) is 30.3 Å². The van der Waals surface area contributed by atoms with Crippen LogP contribution in [0.25, 0.3) is 0 Å². The molecule has 1 heterocycles. The summed E-state index contributed by atoms with van der Waals surface area (Å²) in [5.74, 6) is -0.958. The summed E-state index contributed by atoms with van der Waals surface area (Å²) in [6, 6.07) is 9.18. The molecule has 0 fully saturated rings. The van der Waals surface area contributed by atoms with E-state index < -0.39 is 17.5 Å². The molecule has 0 spiro atoms. The third-order valence-corrected chi connectivity index (χ3v) is 3.34. The van der Waals surface area contributed by atoms with Crippen molar-refractivity contribution in [1.29, 1.82) is 0 Å². The molecule has 0 saturated carbocycles. The molecule has 6 nitrogen and oxygen atoms in total. The number of benzene rings is 1. The van der Waals surface area contributed by atoms with E-state index in [9.17, 15) is 9.59 Å². The highest BCUT2D eigenvalue weighted by atomic mass is 16.5. The summed E-state index contributed by atoms with van der Waals surface area (Å²) in [6.45, 7) is 3.68. The number of hydrazone groups is 1. The van der Waals surface area contributed by atoms with Gasteiger partial charge < -0.3 is 9.47 Å². The zero-order chi connectivity index (χ0) is 15.5. The second-order valence-corrected chi connectivity index (χ2v) is 4.86. The van der Waals surface area contributed by atoms with E-state index in [4.69, 9.17) is 9.47 Å². The van der Waals surface area contributed by atoms with Crippen LogP contribution >= 0.6 is 0 Å². The number of carbonyl (C=O) groups is 2. The van der Waals surface area contributed by atoms with E-state index in [1.165, 1.54) is 12.1 Å². The van der Waals surface area contributed by atoms with Gasteiger partial charge in [-0.25, -0.2) is 14.6 Å². The van der Waals surface area contributed by atoms with Crippen molar-refractivity contribution < 1.29 is 19.1 Å². The molecule has 0 aromatic heterocycles. The van der Waals surface area contributed by atoms with Crippen molar-refractivity contribution in [1.82, 2.24) is 0 Å². The largest absolute Gasteiger partial charge is 0.467 e. The van der Waals surface area contributed by atoms with Gasteiger partial charge >= 0.3 is 11.9 Å². The average molecular weight is 290 g/mol. The predicted octanol–water partition coefficient (Wildman–Crippen LogP) is 1.75. The van der Waals surface area contributed by atoms with Crippen LogP contribution in [0.1, 0.15) is 20.3 Å². The van der Waals surface area contributed by atoms with Gasteiger partial charge in [-0.1, -0.05) is 18.2 Å². The zero-order valence-corrected chi connectivity index (χ0v) is 12.3. The molecule has 1 aromatic carbocycles. The van der Waals surface area contributed by atoms with Crippen LogP contribution in [-0.4, -0.2) is 36.9 Å². The zero-order valence-electron chi connectivity index (χ0n) is 12.3. The summed E-state index contributed by atoms with van der Waals surface area (Å²) < 4.78 is 9.84. The first-order valence-corrected chi connectivity index (χ1v) is 6.71. The lowest BCUT2D eigenvalue weighted by Gasteiger charge is -2.31. The van der Waals surface area contributed by atoms with Gasteiger partial charge in [0.2, 0.25) is 0 Å².